The SMILES string of the molecule is CC(C)(O)O[I-][C@H]1C[C@H](O)CO1. The van der Waals surface area contributed by atoms with E-state index < -0.39 is 27.4 Å². The normalized spacial score (nSPS) is 31.3. The molecule has 1 fully saturated rings. The molecule has 12 heavy (non-hydrogen) atoms. The van der Waals surface area contributed by atoms with Gasteiger partial charge in [0, 0.05) is 0 Å². The topological polar surface area (TPSA) is 58.9 Å². The van der Waals surface area contributed by atoms with Crippen molar-refractivity contribution in [3.8, 4) is 0 Å². The van der Waals surface area contributed by atoms with Crippen LogP contribution >= 0.6 is 0 Å². The van der Waals surface area contributed by atoms with Crippen LogP contribution in [-0.2, 0) is 7.80 Å². The fourth-order valence-corrected chi connectivity index (χ4v) is 2.84. The molecule has 0 aromatic heterocycles. The van der Waals surface area contributed by atoms with Crippen LogP contribution in [0.15, 0.2) is 0 Å². The van der Waals surface area contributed by atoms with Gasteiger partial charge in [-0.1, -0.05) is 0 Å². The molecule has 0 aliphatic carbocycles. The minimum atomic E-state index is -1.07. The van der Waals surface area contributed by atoms with Gasteiger partial charge in [-0.3, -0.25) is 0 Å². The van der Waals surface area contributed by atoms with Crippen LogP contribution in [0.4, 0.5) is 0 Å². The van der Waals surface area contributed by atoms with E-state index >= 15 is 0 Å². The molecule has 1 saturated heterocycles. The second kappa shape index (κ2) is 4.19. The van der Waals surface area contributed by atoms with Crippen LogP contribution in [-0.4, -0.2) is 32.8 Å². The first-order chi connectivity index (χ1) is 5.47. The van der Waals surface area contributed by atoms with Crippen molar-refractivity contribution < 1.29 is 39.6 Å². The third-order valence-corrected chi connectivity index (χ3v) is 4.03. The van der Waals surface area contributed by atoms with E-state index in [1.54, 1.807) is 13.8 Å². The monoisotopic (exact) mass is 289 g/mol. The second-order valence-corrected chi connectivity index (χ2v) is 5.58. The average Bonchev–Trinajstić information content (AvgIpc) is 2.30. The van der Waals surface area contributed by atoms with E-state index in [9.17, 15) is 5.11 Å². The predicted molar refractivity (Wildman–Crippen MR) is 37.7 cm³/mol. The Morgan fingerprint density at radius 1 is 1.58 bits per heavy atom. The Morgan fingerprint density at radius 3 is 2.67 bits per heavy atom. The summed E-state index contributed by atoms with van der Waals surface area (Å²) in [5.41, 5.74) is 0. The first-order valence-corrected chi connectivity index (χ1v) is 5.93. The molecule has 2 N–H and O–H groups in total. The first kappa shape index (κ1) is 10.6. The van der Waals surface area contributed by atoms with Gasteiger partial charge in [0.25, 0.3) is 0 Å². The van der Waals surface area contributed by atoms with Crippen LogP contribution in [0.25, 0.3) is 0 Å². The number of ether oxygens (including phenoxy) is 1. The summed E-state index contributed by atoms with van der Waals surface area (Å²) in [4.78, 5) is 0. The van der Waals surface area contributed by atoms with E-state index in [-0.39, 0.29) is 10.2 Å². The van der Waals surface area contributed by atoms with Crippen molar-refractivity contribution >= 4 is 0 Å². The fraction of sp³-hybridized carbons (Fsp3) is 1.00. The van der Waals surface area contributed by atoms with Crippen molar-refractivity contribution in [2.45, 2.75) is 36.3 Å². The maximum absolute atomic E-state index is 9.23. The Bertz CT molecular complexity index is 145. The molecule has 0 radical (unpaired) electrons. The van der Waals surface area contributed by atoms with Gasteiger partial charge < -0.3 is 0 Å². The summed E-state index contributed by atoms with van der Waals surface area (Å²) in [6.07, 6.45) is 0.295. The molecule has 74 valence electrons. The van der Waals surface area contributed by atoms with Crippen molar-refractivity contribution in [3.05, 3.63) is 0 Å². The van der Waals surface area contributed by atoms with E-state index in [4.69, 9.17) is 12.9 Å². The summed E-state index contributed by atoms with van der Waals surface area (Å²) >= 11 is -0.628. The van der Waals surface area contributed by atoms with Crippen LogP contribution in [0.3, 0.4) is 0 Å². The maximum atomic E-state index is 9.23. The second-order valence-electron chi connectivity index (χ2n) is 3.25. The number of hydrogen-bond donors (Lipinski definition) is 2. The molecule has 0 aromatic carbocycles. The van der Waals surface area contributed by atoms with E-state index in [1.165, 1.54) is 0 Å². The number of aliphatic hydroxyl groups is 2. The quantitative estimate of drug-likeness (QED) is 0.327. The molecular weight excluding hydrogens is 275 g/mol. The summed E-state index contributed by atoms with van der Waals surface area (Å²) in [6.45, 7) is 3.59. The zero-order chi connectivity index (χ0) is 9.19. The third kappa shape index (κ3) is 3.99. The Hall–Kier alpha value is 0.570. The molecule has 4 nitrogen and oxygen atoms in total. The summed E-state index contributed by atoms with van der Waals surface area (Å²) in [5.74, 6) is -1.07. The van der Waals surface area contributed by atoms with Crippen molar-refractivity contribution in [2.24, 2.45) is 0 Å². The molecule has 0 spiro atoms. The number of halogens is 1. The van der Waals surface area contributed by atoms with Crippen LogP contribution in [0.5, 0.6) is 0 Å². The van der Waals surface area contributed by atoms with Crippen molar-refractivity contribution in [1.82, 2.24) is 0 Å². The van der Waals surface area contributed by atoms with Crippen molar-refractivity contribution in [1.29, 1.82) is 0 Å². The molecule has 0 unspecified atom stereocenters. The molecule has 0 aromatic rings. The Balaban J connectivity index is 2.16. The van der Waals surface area contributed by atoms with Crippen LogP contribution < -0.4 is 21.6 Å². The van der Waals surface area contributed by atoms with Gasteiger partial charge in [-0.15, -0.1) is 0 Å². The van der Waals surface area contributed by atoms with Gasteiger partial charge in [0.1, 0.15) is 0 Å². The molecule has 1 heterocycles. The number of rotatable bonds is 3. The van der Waals surface area contributed by atoms with Gasteiger partial charge >= 0.3 is 82.5 Å². The Morgan fingerprint density at radius 2 is 2.25 bits per heavy atom. The molecule has 5 heteroatoms. The van der Waals surface area contributed by atoms with Gasteiger partial charge in [0.15, 0.2) is 0 Å². The number of alkyl halides is 1. The summed E-state index contributed by atoms with van der Waals surface area (Å²) in [7, 11) is 0. The summed E-state index contributed by atoms with van der Waals surface area (Å²) in [6, 6.07) is 0. The Kier molecular flexibility index (Phi) is 3.72. The molecule has 2 atom stereocenters. The minimum absolute atomic E-state index is 0.0326. The van der Waals surface area contributed by atoms with E-state index in [0.717, 1.165) is 0 Å². The first-order valence-electron chi connectivity index (χ1n) is 3.81. The predicted octanol–water partition coefficient (Wildman–Crippen LogP) is -3.16. The molecular formula is C7H14IO4-. The van der Waals surface area contributed by atoms with Crippen LogP contribution in [0.2, 0.25) is 0 Å². The van der Waals surface area contributed by atoms with E-state index in [0.29, 0.717) is 13.0 Å². The Labute approximate surface area is 82.7 Å². The van der Waals surface area contributed by atoms with Crippen molar-refractivity contribution in [2.75, 3.05) is 6.61 Å². The molecule has 1 aliphatic heterocycles. The van der Waals surface area contributed by atoms with Gasteiger partial charge in [0.2, 0.25) is 0 Å². The zero-order valence-corrected chi connectivity index (χ0v) is 9.32. The van der Waals surface area contributed by atoms with Crippen LogP contribution in [0.1, 0.15) is 20.3 Å². The van der Waals surface area contributed by atoms with Crippen LogP contribution in [0, 0.1) is 0 Å². The van der Waals surface area contributed by atoms with Gasteiger partial charge in [0.05, 0.1) is 0 Å². The van der Waals surface area contributed by atoms with Gasteiger partial charge in [-0.05, 0) is 0 Å². The third-order valence-electron chi connectivity index (χ3n) is 1.26. The molecule has 0 amide bonds. The van der Waals surface area contributed by atoms with E-state index in [1.807, 2.05) is 0 Å². The molecule has 0 bridgehead atoms. The van der Waals surface area contributed by atoms with Gasteiger partial charge in [-0.2, -0.15) is 0 Å². The summed E-state index contributed by atoms with van der Waals surface area (Å²) in [5, 5.41) is 18.3. The molecule has 1 aliphatic rings. The van der Waals surface area contributed by atoms with Crippen molar-refractivity contribution in [3.63, 3.8) is 0 Å². The standard InChI is InChI=1S/C7H14IO4/c1-7(2,10)12-8-6-3-5(9)4-11-6/h5-6,9-10H,3-4H2,1-2H3/q-1/t5-,6+/m0/s1. The van der Waals surface area contributed by atoms with Gasteiger partial charge in [-0.25, -0.2) is 0 Å². The summed E-state index contributed by atoms with van der Waals surface area (Å²) < 4.78 is 10.4. The number of hydrogen-bond acceptors (Lipinski definition) is 4. The average molecular weight is 289 g/mol. The molecule has 1 rings (SSSR count). The molecule has 0 saturated carbocycles. The fourth-order valence-electron chi connectivity index (χ4n) is 0.786. The zero-order valence-electron chi connectivity index (χ0n) is 7.16. The number of aliphatic hydroxyl groups excluding tert-OH is 1. The van der Waals surface area contributed by atoms with E-state index in [2.05, 4.69) is 0 Å².